The van der Waals surface area contributed by atoms with E-state index in [2.05, 4.69) is 6.58 Å². The van der Waals surface area contributed by atoms with Gasteiger partial charge in [0, 0.05) is 20.0 Å². The quantitative estimate of drug-likeness (QED) is 0.552. The SMILES string of the molecule is C=CC[C@@]1(COC)OC(=O)[C@](C)(Cc2ccccc2)N=C1c1ccccc1. The number of nitrogens with zero attached hydrogens (tertiary/aromatic N) is 1. The van der Waals surface area contributed by atoms with E-state index in [1.807, 2.05) is 67.6 Å². The molecule has 0 unspecified atom stereocenters. The average Bonchev–Trinajstić information content (AvgIpc) is 2.67. The molecular weight excluding hydrogens is 338 g/mol. The van der Waals surface area contributed by atoms with Crippen molar-refractivity contribution in [3.63, 3.8) is 0 Å². The van der Waals surface area contributed by atoms with Crippen LogP contribution in [0.4, 0.5) is 0 Å². The number of hydrogen-bond acceptors (Lipinski definition) is 4. The van der Waals surface area contributed by atoms with Crippen LogP contribution in [0.1, 0.15) is 24.5 Å². The molecular formula is C23H25NO3. The second kappa shape index (κ2) is 7.89. The van der Waals surface area contributed by atoms with Crippen molar-refractivity contribution in [2.75, 3.05) is 13.7 Å². The summed E-state index contributed by atoms with van der Waals surface area (Å²) < 4.78 is 11.5. The van der Waals surface area contributed by atoms with Gasteiger partial charge in [0.25, 0.3) is 0 Å². The summed E-state index contributed by atoms with van der Waals surface area (Å²) in [6, 6.07) is 19.7. The molecule has 0 aromatic heterocycles. The highest BCUT2D eigenvalue weighted by Gasteiger charge is 2.50. The number of aliphatic imine (C=N–C) groups is 1. The summed E-state index contributed by atoms with van der Waals surface area (Å²) in [4.78, 5) is 18.0. The van der Waals surface area contributed by atoms with E-state index in [9.17, 15) is 4.79 Å². The molecule has 140 valence electrons. The van der Waals surface area contributed by atoms with Crippen molar-refractivity contribution in [3.05, 3.63) is 84.4 Å². The first kappa shape index (κ1) is 19.1. The molecule has 1 heterocycles. The number of carbonyl (C=O) groups excluding carboxylic acids is 1. The molecule has 0 radical (unpaired) electrons. The topological polar surface area (TPSA) is 47.9 Å². The van der Waals surface area contributed by atoms with Crippen molar-refractivity contribution < 1.29 is 14.3 Å². The van der Waals surface area contributed by atoms with Crippen LogP contribution in [-0.2, 0) is 20.7 Å². The zero-order valence-electron chi connectivity index (χ0n) is 15.9. The fourth-order valence-electron chi connectivity index (χ4n) is 3.52. The summed E-state index contributed by atoms with van der Waals surface area (Å²) in [7, 11) is 1.60. The summed E-state index contributed by atoms with van der Waals surface area (Å²) in [5.41, 5.74) is 0.720. The fourth-order valence-corrected chi connectivity index (χ4v) is 3.52. The van der Waals surface area contributed by atoms with Crippen LogP contribution in [0, 0.1) is 0 Å². The molecule has 0 saturated carbocycles. The van der Waals surface area contributed by atoms with Crippen LogP contribution in [-0.4, -0.2) is 36.5 Å². The summed E-state index contributed by atoms with van der Waals surface area (Å²) >= 11 is 0. The van der Waals surface area contributed by atoms with Crippen molar-refractivity contribution in [3.8, 4) is 0 Å². The zero-order chi connectivity index (χ0) is 19.3. The molecule has 0 N–H and O–H groups in total. The lowest BCUT2D eigenvalue weighted by atomic mass is 9.83. The largest absolute Gasteiger partial charge is 0.448 e. The van der Waals surface area contributed by atoms with Gasteiger partial charge < -0.3 is 9.47 Å². The molecule has 2 atom stereocenters. The number of ether oxygens (including phenoxy) is 2. The third-order valence-corrected chi connectivity index (χ3v) is 4.81. The number of hydrogen-bond donors (Lipinski definition) is 0. The molecule has 0 aliphatic carbocycles. The predicted molar refractivity (Wildman–Crippen MR) is 107 cm³/mol. The Morgan fingerprint density at radius 3 is 2.33 bits per heavy atom. The molecule has 0 fully saturated rings. The monoisotopic (exact) mass is 363 g/mol. The minimum Gasteiger partial charge on any atom is -0.448 e. The van der Waals surface area contributed by atoms with Gasteiger partial charge in [0.15, 0.2) is 11.1 Å². The van der Waals surface area contributed by atoms with Gasteiger partial charge in [0.05, 0.1) is 12.3 Å². The molecule has 0 spiro atoms. The van der Waals surface area contributed by atoms with Crippen molar-refractivity contribution in [2.45, 2.75) is 30.9 Å². The number of esters is 1. The highest BCUT2D eigenvalue weighted by Crippen LogP contribution is 2.35. The van der Waals surface area contributed by atoms with E-state index in [0.29, 0.717) is 12.8 Å². The van der Waals surface area contributed by atoms with Gasteiger partial charge in [-0.2, -0.15) is 0 Å². The van der Waals surface area contributed by atoms with Crippen molar-refractivity contribution in [2.24, 2.45) is 4.99 Å². The molecule has 4 heteroatoms. The van der Waals surface area contributed by atoms with E-state index in [1.165, 1.54) is 0 Å². The number of rotatable bonds is 7. The molecule has 27 heavy (non-hydrogen) atoms. The van der Waals surface area contributed by atoms with Gasteiger partial charge in [-0.1, -0.05) is 66.7 Å². The second-order valence-electron chi connectivity index (χ2n) is 7.07. The Kier molecular flexibility index (Phi) is 5.57. The van der Waals surface area contributed by atoms with Crippen LogP contribution in [0.5, 0.6) is 0 Å². The maximum Gasteiger partial charge on any atom is 0.335 e. The van der Waals surface area contributed by atoms with Crippen LogP contribution in [0.2, 0.25) is 0 Å². The molecule has 3 rings (SSSR count). The van der Waals surface area contributed by atoms with Crippen LogP contribution in [0.15, 0.2) is 78.3 Å². The normalized spacial score (nSPS) is 24.8. The van der Waals surface area contributed by atoms with Crippen molar-refractivity contribution in [1.82, 2.24) is 0 Å². The average molecular weight is 363 g/mol. The van der Waals surface area contributed by atoms with Crippen LogP contribution < -0.4 is 0 Å². The molecule has 0 amide bonds. The van der Waals surface area contributed by atoms with E-state index >= 15 is 0 Å². The lowest BCUT2D eigenvalue weighted by Crippen LogP contribution is -2.57. The first-order chi connectivity index (χ1) is 13.0. The zero-order valence-corrected chi connectivity index (χ0v) is 15.9. The number of methoxy groups -OCH3 is 1. The number of cyclic esters (lactones) is 1. The molecule has 0 saturated heterocycles. The summed E-state index contributed by atoms with van der Waals surface area (Å²) in [5, 5.41) is 0. The highest BCUT2D eigenvalue weighted by molar-refractivity contribution is 6.11. The molecule has 2 aromatic carbocycles. The predicted octanol–water partition coefficient (Wildman–Crippen LogP) is 4.00. The molecule has 1 aliphatic rings. The summed E-state index contributed by atoms with van der Waals surface area (Å²) in [6.07, 6.45) is 2.65. The lowest BCUT2D eigenvalue weighted by molar-refractivity contribution is -0.165. The molecule has 1 aliphatic heterocycles. The Bertz CT molecular complexity index is 831. The summed E-state index contributed by atoms with van der Waals surface area (Å²) in [5.74, 6) is -0.343. The maximum absolute atomic E-state index is 13.0. The van der Waals surface area contributed by atoms with Crippen molar-refractivity contribution >= 4 is 11.7 Å². The third kappa shape index (κ3) is 3.86. The molecule has 4 nitrogen and oxygen atoms in total. The molecule has 0 bridgehead atoms. The smallest absolute Gasteiger partial charge is 0.335 e. The number of carbonyl (C=O) groups is 1. The van der Waals surface area contributed by atoms with Gasteiger partial charge in [0.1, 0.15) is 0 Å². The van der Waals surface area contributed by atoms with Gasteiger partial charge in [-0.25, -0.2) is 4.79 Å². The van der Waals surface area contributed by atoms with Crippen LogP contribution >= 0.6 is 0 Å². The highest BCUT2D eigenvalue weighted by atomic mass is 16.6. The minimum absolute atomic E-state index is 0.222. The Hall–Kier alpha value is -2.72. The van der Waals surface area contributed by atoms with Gasteiger partial charge in [-0.3, -0.25) is 4.99 Å². The maximum atomic E-state index is 13.0. The Balaban J connectivity index is 2.12. The Labute approximate surface area is 160 Å². The first-order valence-corrected chi connectivity index (χ1v) is 9.06. The second-order valence-corrected chi connectivity index (χ2v) is 7.07. The Morgan fingerprint density at radius 1 is 1.11 bits per heavy atom. The van der Waals surface area contributed by atoms with E-state index in [0.717, 1.165) is 16.8 Å². The van der Waals surface area contributed by atoms with Crippen LogP contribution in [0.25, 0.3) is 0 Å². The molecule has 2 aromatic rings. The van der Waals surface area contributed by atoms with E-state index < -0.39 is 11.1 Å². The Morgan fingerprint density at radius 2 is 1.74 bits per heavy atom. The minimum atomic E-state index is -0.995. The van der Waals surface area contributed by atoms with Gasteiger partial charge in [-0.15, -0.1) is 6.58 Å². The van der Waals surface area contributed by atoms with Gasteiger partial charge >= 0.3 is 5.97 Å². The van der Waals surface area contributed by atoms with E-state index in [1.54, 1.807) is 13.2 Å². The van der Waals surface area contributed by atoms with E-state index in [4.69, 9.17) is 14.5 Å². The van der Waals surface area contributed by atoms with Crippen LogP contribution in [0.3, 0.4) is 0 Å². The van der Waals surface area contributed by atoms with Crippen molar-refractivity contribution in [1.29, 1.82) is 0 Å². The van der Waals surface area contributed by atoms with E-state index in [-0.39, 0.29) is 12.6 Å². The summed E-state index contributed by atoms with van der Waals surface area (Å²) in [6.45, 7) is 5.89. The third-order valence-electron chi connectivity index (χ3n) is 4.81. The fraction of sp³-hybridized carbons (Fsp3) is 0.304. The number of benzene rings is 2. The lowest BCUT2D eigenvalue weighted by Gasteiger charge is -2.42. The van der Waals surface area contributed by atoms with Gasteiger partial charge in [-0.05, 0) is 18.1 Å². The van der Waals surface area contributed by atoms with Gasteiger partial charge in [0.2, 0.25) is 0 Å². The first-order valence-electron chi connectivity index (χ1n) is 9.06. The standard InChI is InChI=1S/C23H25NO3/c1-4-15-23(17-26-3)20(19-13-9-6-10-14-19)24-22(2,21(25)27-23)16-18-11-7-5-8-12-18/h4-14H,1,15-17H2,2-3H3/t22-,23-/m0/s1.